The van der Waals surface area contributed by atoms with Crippen LogP contribution in [0.1, 0.15) is 85.7 Å². The van der Waals surface area contributed by atoms with E-state index in [0.29, 0.717) is 16.8 Å². The largest absolute Gasteiger partial charge is 0.495 e. The fourth-order valence-corrected chi connectivity index (χ4v) is 9.86. The molecule has 1 N–H and O–H groups in total. The Kier molecular flexibility index (Phi) is 9.47. The Morgan fingerprint density at radius 3 is 2.38 bits per heavy atom. The number of fused-ring (bicyclic) bond motifs is 1. The van der Waals surface area contributed by atoms with E-state index in [1.54, 1.807) is 24.5 Å². The molecule has 234 valence electrons. The van der Waals surface area contributed by atoms with Gasteiger partial charge in [0.25, 0.3) is 5.91 Å². The zero-order valence-electron chi connectivity index (χ0n) is 25.5. The van der Waals surface area contributed by atoms with Gasteiger partial charge in [-0.3, -0.25) is 14.6 Å². The fraction of sp³-hybridized carbons (Fsp3) is 0.361. The lowest BCUT2D eigenvalue weighted by molar-refractivity contribution is 0.0993. The molecule has 45 heavy (non-hydrogen) atoms. The fourth-order valence-electron chi connectivity index (χ4n) is 6.56. The van der Waals surface area contributed by atoms with Gasteiger partial charge in [0.15, 0.2) is 15.6 Å². The number of sulfone groups is 1. The van der Waals surface area contributed by atoms with E-state index in [1.807, 2.05) is 36.4 Å². The van der Waals surface area contributed by atoms with Gasteiger partial charge in [0.1, 0.15) is 10.6 Å². The first-order chi connectivity index (χ1) is 21.8. The third-order valence-corrected chi connectivity index (χ3v) is 12.1. The van der Waals surface area contributed by atoms with Crippen LogP contribution in [-0.2, 0) is 35.5 Å². The van der Waals surface area contributed by atoms with Crippen LogP contribution in [0, 0.1) is 5.92 Å². The molecule has 0 saturated heterocycles. The maximum atomic E-state index is 13.8. The van der Waals surface area contributed by atoms with E-state index in [1.165, 1.54) is 24.5 Å². The number of aromatic nitrogens is 1. The summed E-state index contributed by atoms with van der Waals surface area (Å²) < 4.78 is 32.2. The lowest BCUT2D eigenvalue weighted by atomic mass is 9.93. The van der Waals surface area contributed by atoms with Gasteiger partial charge >= 0.3 is 0 Å². The van der Waals surface area contributed by atoms with E-state index in [2.05, 4.69) is 10.3 Å². The number of methoxy groups -OCH3 is 1. The summed E-state index contributed by atoms with van der Waals surface area (Å²) >= 11 is 1.54. The molecule has 6 rings (SSSR count). The number of carbonyl (C=O) groups is 2. The van der Waals surface area contributed by atoms with Crippen LogP contribution in [0.4, 0.5) is 5.69 Å². The summed E-state index contributed by atoms with van der Waals surface area (Å²) in [7, 11) is -2.19. The van der Waals surface area contributed by atoms with E-state index >= 15 is 0 Å². The van der Waals surface area contributed by atoms with Crippen molar-refractivity contribution in [3.8, 4) is 5.75 Å². The molecule has 7 nitrogen and oxygen atoms in total. The van der Waals surface area contributed by atoms with Gasteiger partial charge in [-0.2, -0.15) is 0 Å². The van der Waals surface area contributed by atoms with Gasteiger partial charge in [-0.05, 0) is 110 Å². The second-order valence-corrected chi connectivity index (χ2v) is 15.3. The summed E-state index contributed by atoms with van der Waals surface area (Å²) in [6, 6.07) is 16.5. The average molecular weight is 643 g/mol. The van der Waals surface area contributed by atoms with E-state index < -0.39 is 9.84 Å². The quantitative estimate of drug-likeness (QED) is 0.173. The number of benzene rings is 2. The summed E-state index contributed by atoms with van der Waals surface area (Å²) in [6.45, 7) is 0. The summed E-state index contributed by atoms with van der Waals surface area (Å²) in [4.78, 5) is 33.5. The van der Waals surface area contributed by atoms with Crippen LogP contribution in [0.25, 0.3) is 0 Å². The van der Waals surface area contributed by atoms with Crippen molar-refractivity contribution in [2.24, 2.45) is 5.92 Å². The number of carbonyl (C=O) groups excluding carboxylic acids is 2. The van der Waals surface area contributed by atoms with Crippen LogP contribution in [0.5, 0.6) is 5.75 Å². The third-order valence-electron chi connectivity index (χ3n) is 8.91. The molecule has 2 heterocycles. The number of thiophene rings is 1. The first kappa shape index (κ1) is 31.2. The summed E-state index contributed by atoms with van der Waals surface area (Å²) in [6.07, 6.45) is 12.0. The zero-order chi connectivity index (χ0) is 31.4. The van der Waals surface area contributed by atoms with E-state index in [-0.39, 0.29) is 40.4 Å². The average Bonchev–Trinajstić information content (AvgIpc) is 3.69. The molecule has 0 unspecified atom stereocenters. The Morgan fingerprint density at radius 2 is 1.64 bits per heavy atom. The predicted molar refractivity (Wildman–Crippen MR) is 177 cm³/mol. The molecule has 1 fully saturated rings. The number of ketones is 1. The molecule has 2 aromatic carbocycles. The molecule has 9 heteroatoms. The van der Waals surface area contributed by atoms with Crippen molar-refractivity contribution < 1.29 is 22.7 Å². The molecule has 1 amide bonds. The van der Waals surface area contributed by atoms with Gasteiger partial charge in [0.05, 0.1) is 18.4 Å². The lowest BCUT2D eigenvalue weighted by Gasteiger charge is -2.14. The summed E-state index contributed by atoms with van der Waals surface area (Å²) in [5.74, 6) is 0.0168. The van der Waals surface area contributed by atoms with Crippen molar-refractivity contribution in [2.75, 3.05) is 18.2 Å². The Labute approximate surface area is 269 Å². The molecular weight excluding hydrogens is 605 g/mol. The van der Waals surface area contributed by atoms with Crippen molar-refractivity contribution >= 4 is 38.6 Å². The molecule has 0 spiro atoms. The molecule has 0 bridgehead atoms. The van der Waals surface area contributed by atoms with Crippen LogP contribution in [0.2, 0.25) is 0 Å². The zero-order valence-corrected chi connectivity index (χ0v) is 27.1. The minimum absolute atomic E-state index is 0.0275. The molecule has 2 aliphatic rings. The smallest absolute Gasteiger partial charge is 0.257 e. The minimum Gasteiger partial charge on any atom is -0.495 e. The Hall–Kier alpha value is -3.82. The van der Waals surface area contributed by atoms with Gasteiger partial charge in [-0.15, -0.1) is 11.3 Å². The lowest BCUT2D eigenvalue weighted by Crippen LogP contribution is -2.18. The van der Waals surface area contributed by atoms with Crippen molar-refractivity contribution in [3.63, 3.8) is 0 Å². The van der Waals surface area contributed by atoms with Crippen LogP contribution < -0.4 is 10.1 Å². The predicted octanol–water partition coefficient (Wildman–Crippen LogP) is 7.26. The molecule has 0 radical (unpaired) electrons. The number of hydrogen-bond acceptors (Lipinski definition) is 7. The topological polar surface area (TPSA) is 102 Å². The monoisotopic (exact) mass is 642 g/mol. The number of rotatable bonds is 11. The number of nitrogens with one attached hydrogen (secondary N) is 1. The van der Waals surface area contributed by atoms with Gasteiger partial charge in [0.2, 0.25) is 0 Å². The van der Waals surface area contributed by atoms with Gasteiger partial charge < -0.3 is 10.1 Å². The van der Waals surface area contributed by atoms with Crippen molar-refractivity contribution in [1.29, 1.82) is 0 Å². The van der Waals surface area contributed by atoms with Gasteiger partial charge in [0, 0.05) is 39.8 Å². The Morgan fingerprint density at radius 1 is 0.933 bits per heavy atom. The Balaban J connectivity index is 1.22. The highest BCUT2D eigenvalue weighted by Gasteiger charge is 2.29. The Bertz CT molecular complexity index is 1790. The summed E-state index contributed by atoms with van der Waals surface area (Å²) in [5, 5.41) is 3.07. The number of anilines is 1. The van der Waals surface area contributed by atoms with Gasteiger partial charge in [-0.25, -0.2) is 8.42 Å². The molecule has 0 aliphatic heterocycles. The van der Waals surface area contributed by atoms with Crippen molar-refractivity contribution in [2.45, 2.75) is 69.1 Å². The molecular formula is C36H38N2O5S2. The maximum Gasteiger partial charge on any atom is 0.257 e. The van der Waals surface area contributed by atoms with Gasteiger partial charge in [-0.1, -0.05) is 25.0 Å². The van der Waals surface area contributed by atoms with Crippen molar-refractivity contribution in [3.05, 3.63) is 105 Å². The normalized spacial score (nSPS) is 15.0. The highest BCUT2D eigenvalue weighted by atomic mass is 32.2. The number of aryl methyl sites for hydroxylation is 1. The number of pyridine rings is 1. The number of Topliss-reactive ketones (excluding diaryl/α,β-unsaturated/α-hetero) is 1. The van der Waals surface area contributed by atoms with E-state index in [4.69, 9.17) is 4.74 Å². The standard InChI is InChI=1S/C36H38N2O5S2/c1-43-31-15-12-27(21-34(31)45(41,42)23-26-6-2-3-7-26)30(39)22-33-35(29-8-4-5-9-32(29)44-33)36(40)38-28-13-10-24(11-14-28)20-25-16-18-37-19-17-25/h10-19,21,26H,2-9,20,22-23H2,1H3,(H,38,40). The minimum atomic E-state index is -3.64. The molecule has 4 aromatic rings. The van der Waals surface area contributed by atoms with E-state index in [0.717, 1.165) is 84.2 Å². The molecule has 2 aliphatic carbocycles. The van der Waals surface area contributed by atoms with E-state index in [9.17, 15) is 18.0 Å². The highest BCUT2D eigenvalue weighted by molar-refractivity contribution is 7.91. The number of amides is 1. The van der Waals surface area contributed by atoms with Crippen LogP contribution >= 0.6 is 11.3 Å². The maximum absolute atomic E-state index is 13.8. The second kappa shape index (κ2) is 13.7. The third kappa shape index (κ3) is 7.20. The van der Waals surface area contributed by atoms with Crippen molar-refractivity contribution in [1.82, 2.24) is 4.98 Å². The van der Waals surface area contributed by atoms with Crippen LogP contribution in [-0.4, -0.2) is 38.0 Å². The summed E-state index contributed by atoms with van der Waals surface area (Å²) in [5.41, 5.74) is 4.92. The molecule has 1 saturated carbocycles. The number of hydrogen-bond donors (Lipinski definition) is 1. The SMILES string of the molecule is COc1ccc(C(=O)Cc2sc3c(c2C(=O)Nc2ccc(Cc4ccncc4)cc2)CCCC3)cc1S(=O)(=O)CC1CCCC1. The molecule has 0 atom stereocenters. The second-order valence-electron chi connectivity index (χ2n) is 12.1. The van der Waals surface area contributed by atoms with Crippen LogP contribution in [0.15, 0.2) is 71.9 Å². The molecule has 2 aromatic heterocycles. The number of ether oxygens (including phenoxy) is 1. The first-order valence-electron chi connectivity index (χ1n) is 15.7. The van der Waals surface area contributed by atoms with Crippen LogP contribution in [0.3, 0.4) is 0 Å². The highest BCUT2D eigenvalue weighted by Crippen LogP contribution is 2.37. The first-order valence-corrected chi connectivity index (χ1v) is 18.1. The number of nitrogens with zero attached hydrogens (tertiary/aromatic N) is 1.